The fourth-order valence-corrected chi connectivity index (χ4v) is 3.38. The molecule has 0 bridgehead atoms. The highest BCUT2D eigenvalue weighted by molar-refractivity contribution is 6.02. The van der Waals surface area contributed by atoms with Gasteiger partial charge in [0, 0.05) is 29.0 Å². The van der Waals surface area contributed by atoms with E-state index in [9.17, 15) is 18.0 Å². The van der Waals surface area contributed by atoms with E-state index in [-0.39, 0.29) is 5.92 Å². The van der Waals surface area contributed by atoms with Crippen molar-refractivity contribution in [1.82, 2.24) is 14.8 Å². The van der Waals surface area contributed by atoms with Crippen LogP contribution in [0.2, 0.25) is 0 Å². The van der Waals surface area contributed by atoms with Gasteiger partial charge in [0.25, 0.3) is 0 Å². The lowest BCUT2D eigenvalue weighted by atomic mass is 9.96. The number of carbonyl (C=O) groups excluding carboxylic acids is 1. The van der Waals surface area contributed by atoms with Crippen LogP contribution in [0, 0.1) is 6.92 Å². The molecule has 1 N–H and O–H groups in total. The minimum absolute atomic E-state index is 0.0388. The molecule has 0 aliphatic carbocycles. The molecule has 3 rings (SSSR count). The van der Waals surface area contributed by atoms with Crippen molar-refractivity contribution in [2.45, 2.75) is 45.3 Å². The van der Waals surface area contributed by atoms with Crippen molar-refractivity contribution in [3.63, 3.8) is 0 Å². The Labute approximate surface area is 160 Å². The van der Waals surface area contributed by atoms with Gasteiger partial charge in [0.1, 0.15) is 0 Å². The highest BCUT2D eigenvalue weighted by Gasteiger charge is 2.42. The summed E-state index contributed by atoms with van der Waals surface area (Å²) < 4.78 is 41.1. The van der Waals surface area contributed by atoms with Gasteiger partial charge in [-0.15, -0.1) is 0 Å². The summed E-state index contributed by atoms with van der Waals surface area (Å²) in [7, 11) is 0. The number of nitrogens with zero attached hydrogens (tertiary/aromatic N) is 3. The second kappa shape index (κ2) is 7.61. The van der Waals surface area contributed by atoms with Crippen LogP contribution in [0.25, 0.3) is 10.9 Å². The Morgan fingerprint density at radius 3 is 2.54 bits per heavy atom. The first-order valence-electron chi connectivity index (χ1n) is 8.93. The minimum Gasteiger partial charge on any atom is -0.325 e. The van der Waals surface area contributed by atoms with E-state index < -0.39 is 24.5 Å². The number of aromatic nitrogens is 3. The number of rotatable bonds is 5. The molecule has 2 heterocycles. The van der Waals surface area contributed by atoms with Gasteiger partial charge in [0.15, 0.2) is 6.04 Å². The average Bonchev–Trinajstić information content (AvgIpc) is 3.12. The SMILES string of the molecule is Cc1nc2ccccc2c(NC(=O)CC(n2cccn2)C(F)(F)F)c1C(C)C. The maximum atomic E-state index is 13.5. The summed E-state index contributed by atoms with van der Waals surface area (Å²) in [5, 5.41) is 7.08. The van der Waals surface area contributed by atoms with Crippen LogP contribution in [0.3, 0.4) is 0 Å². The van der Waals surface area contributed by atoms with Crippen molar-refractivity contribution in [2.75, 3.05) is 5.32 Å². The molecule has 0 fully saturated rings. The van der Waals surface area contributed by atoms with Crippen LogP contribution < -0.4 is 5.32 Å². The Morgan fingerprint density at radius 2 is 1.93 bits per heavy atom. The van der Waals surface area contributed by atoms with E-state index in [1.807, 2.05) is 32.9 Å². The van der Waals surface area contributed by atoms with Crippen molar-refractivity contribution in [3.8, 4) is 0 Å². The van der Waals surface area contributed by atoms with Crippen molar-refractivity contribution in [1.29, 1.82) is 0 Å². The summed E-state index contributed by atoms with van der Waals surface area (Å²) in [5.74, 6) is -0.688. The zero-order valence-electron chi connectivity index (χ0n) is 15.8. The van der Waals surface area contributed by atoms with Crippen LogP contribution in [0.15, 0.2) is 42.7 Å². The molecule has 0 saturated heterocycles. The number of hydrogen-bond donors (Lipinski definition) is 1. The average molecular weight is 390 g/mol. The van der Waals surface area contributed by atoms with Gasteiger partial charge in [0.2, 0.25) is 5.91 Å². The standard InChI is InChI=1S/C20H21F3N4O/c1-12(2)18-13(3)25-15-8-5-4-7-14(15)19(18)26-17(28)11-16(20(21,22)23)27-10-6-9-24-27/h4-10,12,16H,11H2,1-3H3,(H,25,26,28). The minimum atomic E-state index is -4.60. The van der Waals surface area contributed by atoms with E-state index >= 15 is 0 Å². The quantitative estimate of drug-likeness (QED) is 0.667. The molecule has 0 saturated carbocycles. The van der Waals surface area contributed by atoms with Crippen LogP contribution >= 0.6 is 0 Å². The monoisotopic (exact) mass is 390 g/mol. The number of nitrogens with one attached hydrogen (secondary N) is 1. The highest BCUT2D eigenvalue weighted by atomic mass is 19.4. The van der Waals surface area contributed by atoms with Crippen molar-refractivity contribution >= 4 is 22.5 Å². The van der Waals surface area contributed by atoms with Gasteiger partial charge in [-0.3, -0.25) is 14.5 Å². The van der Waals surface area contributed by atoms with Crippen LogP contribution in [-0.4, -0.2) is 26.8 Å². The van der Waals surface area contributed by atoms with Gasteiger partial charge in [-0.25, -0.2) is 0 Å². The molecule has 148 valence electrons. The first kappa shape index (κ1) is 19.9. The molecule has 8 heteroatoms. The Morgan fingerprint density at radius 1 is 1.21 bits per heavy atom. The third-order valence-electron chi connectivity index (χ3n) is 4.56. The molecule has 1 atom stereocenters. The maximum Gasteiger partial charge on any atom is 0.411 e. The Kier molecular flexibility index (Phi) is 5.40. The molecular formula is C20H21F3N4O. The zero-order valence-corrected chi connectivity index (χ0v) is 15.8. The number of fused-ring (bicyclic) bond motifs is 1. The largest absolute Gasteiger partial charge is 0.411 e. The van der Waals surface area contributed by atoms with Crippen LogP contribution in [0.1, 0.15) is 43.5 Å². The first-order chi connectivity index (χ1) is 13.2. The molecule has 1 aromatic carbocycles. The number of hydrogen-bond acceptors (Lipinski definition) is 3. The van der Waals surface area contributed by atoms with Gasteiger partial charge in [-0.1, -0.05) is 32.0 Å². The summed E-state index contributed by atoms with van der Waals surface area (Å²) in [4.78, 5) is 17.2. The van der Waals surface area contributed by atoms with E-state index in [4.69, 9.17) is 0 Å². The van der Waals surface area contributed by atoms with Crippen molar-refractivity contribution in [3.05, 3.63) is 54.0 Å². The lowest BCUT2D eigenvalue weighted by molar-refractivity contribution is -0.174. The Balaban J connectivity index is 1.97. The number of benzene rings is 1. The number of carbonyl (C=O) groups is 1. The lowest BCUT2D eigenvalue weighted by Crippen LogP contribution is -2.31. The second-order valence-electron chi connectivity index (χ2n) is 6.95. The molecule has 1 unspecified atom stereocenters. The van der Waals surface area contributed by atoms with Gasteiger partial charge < -0.3 is 5.32 Å². The molecule has 0 spiro atoms. The lowest BCUT2D eigenvalue weighted by Gasteiger charge is -2.22. The number of amides is 1. The third kappa shape index (κ3) is 4.00. The zero-order chi connectivity index (χ0) is 20.5. The van der Waals surface area contributed by atoms with E-state index in [1.165, 1.54) is 18.5 Å². The Hall–Kier alpha value is -2.90. The summed E-state index contributed by atoms with van der Waals surface area (Å²) in [6.07, 6.45) is -2.90. The Bertz CT molecular complexity index is 981. The maximum absolute atomic E-state index is 13.5. The molecule has 3 aromatic rings. The summed E-state index contributed by atoms with van der Waals surface area (Å²) in [6.45, 7) is 5.74. The van der Waals surface area contributed by atoms with E-state index in [0.717, 1.165) is 15.9 Å². The third-order valence-corrected chi connectivity index (χ3v) is 4.56. The smallest absolute Gasteiger partial charge is 0.325 e. The molecule has 5 nitrogen and oxygen atoms in total. The number of pyridine rings is 1. The van der Waals surface area contributed by atoms with Crippen molar-refractivity contribution < 1.29 is 18.0 Å². The fourth-order valence-electron chi connectivity index (χ4n) is 3.38. The van der Waals surface area contributed by atoms with Crippen LogP contribution in [0.4, 0.5) is 18.9 Å². The molecule has 28 heavy (non-hydrogen) atoms. The van der Waals surface area contributed by atoms with E-state index in [2.05, 4.69) is 15.4 Å². The van der Waals surface area contributed by atoms with Gasteiger partial charge in [0.05, 0.1) is 17.6 Å². The normalized spacial score (nSPS) is 13.1. The van der Waals surface area contributed by atoms with Crippen molar-refractivity contribution in [2.24, 2.45) is 0 Å². The predicted octanol–water partition coefficient (Wildman–Crippen LogP) is 5.00. The number of para-hydroxylation sites is 1. The molecule has 0 aliphatic rings. The molecule has 0 radical (unpaired) electrons. The van der Waals surface area contributed by atoms with Gasteiger partial charge >= 0.3 is 6.18 Å². The van der Waals surface area contributed by atoms with E-state index in [1.54, 1.807) is 12.1 Å². The molecule has 1 amide bonds. The molecule has 2 aromatic heterocycles. The van der Waals surface area contributed by atoms with Gasteiger partial charge in [-0.05, 0) is 25.0 Å². The number of halogens is 3. The summed E-state index contributed by atoms with van der Waals surface area (Å²) in [5.41, 5.74) is 2.75. The summed E-state index contributed by atoms with van der Waals surface area (Å²) in [6, 6.07) is 6.61. The number of alkyl halides is 3. The van der Waals surface area contributed by atoms with Crippen LogP contribution in [-0.2, 0) is 4.79 Å². The second-order valence-corrected chi connectivity index (χ2v) is 6.95. The summed E-state index contributed by atoms with van der Waals surface area (Å²) >= 11 is 0. The highest BCUT2D eigenvalue weighted by Crippen LogP contribution is 2.36. The predicted molar refractivity (Wildman–Crippen MR) is 101 cm³/mol. The van der Waals surface area contributed by atoms with Gasteiger partial charge in [-0.2, -0.15) is 18.3 Å². The number of anilines is 1. The fraction of sp³-hybridized carbons (Fsp3) is 0.350. The van der Waals surface area contributed by atoms with Crippen LogP contribution in [0.5, 0.6) is 0 Å². The molecule has 0 aliphatic heterocycles. The first-order valence-corrected chi connectivity index (χ1v) is 8.93. The molecular weight excluding hydrogens is 369 g/mol. The number of aryl methyl sites for hydroxylation is 1. The van der Waals surface area contributed by atoms with E-state index in [0.29, 0.717) is 16.6 Å². The topological polar surface area (TPSA) is 59.8 Å².